The molecule has 0 aliphatic carbocycles. The molecular formula is C15H32O2Si. The standard InChI is InChI=1S/C15H32O2Si/c1-11(2)18(12(3)4,13(5)6)17-10-15(8)14(7)9-16/h11-14,16H,8-10H2,1-7H3. The van der Waals surface area contributed by atoms with E-state index < -0.39 is 8.32 Å². The van der Waals surface area contributed by atoms with Crippen LogP contribution in [0.2, 0.25) is 16.6 Å². The van der Waals surface area contributed by atoms with Crippen LogP contribution in [0.4, 0.5) is 0 Å². The Morgan fingerprint density at radius 1 is 1.00 bits per heavy atom. The second kappa shape index (κ2) is 7.46. The molecule has 3 heteroatoms. The number of hydrogen-bond donors (Lipinski definition) is 1. The SMILES string of the molecule is C=C(CO[Si](C(C)C)(C(C)C)C(C)C)C(C)CO. The van der Waals surface area contributed by atoms with Crippen LogP contribution in [0, 0.1) is 5.92 Å². The third-order valence-electron chi connectivity index (χ3n) is 4.19. The Hall–Kier alpha value is -0.123. The van der Waals surface area contributed by atoms with E-state index in [1.165, 1.54) is 0 Å². The van der Waals surface area contributed by atoms with Gasteiger partial charge in [-0.1, -0.05) is 55.0 Å². The zero-order chi connectivity index (χ0) is 14.5. The van der Waals surface area contributed by atoms with Gasteiger partial charge in [0.1, 0.15) is 0 Å². The molecule has 0 bridgehead atoms. The van der Waals surface area contributed by atoms with Crippen LogP contribution in [0.5, 0.6) is 0 Å². The maximum Gasteiger partial charge on any atom is 0.200 e. The molecule has 2 nitrogen and oxygen atoms in total. The molecule has 0 radical (unpaired) electrons. The minimum Gasteiger partial charge on any atom is -0.412 e. The monoisotopic (exact) mass is 272 g/mol. The van der Waals surface area contributed by atoms with Gasteiger partial charge in [0, 0.05) is 12.5 Å². The number of hydrogen-bond acceptors (Lipinski definition) is 2. The van der Waals surface area contributed by atoms with E-state index in [0.29, 0.717) is 23.2 Å². The molecule has 108 valence electrons. The summed E-state index contributed by atoms with van der Waals surface area (Å²) in [6.45, 7) is 20.5. The Morgan fingerprint density at radius 3 is 1.67 bits per heavy atom. The van der Waals surface area contributed by atoms with Crippen molar-refractivity contribution in [3.63, 3.8) is 0 Å². The lowest BCUT2D eigenvalue weighted by Crippen LogP contribution is -2.48. The summed E-state index contributed by atoms with van der Waals surface area (Å²) in [4.78, 5) is 0. The second-order valence-electron chi connectivity index (χ2n) is 6.35. The maximum atomic E-state index is 9.16. The van der Waals surface area contributed by atoms with Gasteiger partial charge in [0.05, 0.1) is 6.61 Å². The molecular weight excluding hydrogens is 240 g/mol. The topological polar surface area (TPSA) is 29.5 Å². The van der Waals surface area contributed by atoms with Crippen LogP contribution >= 0.6 is 0 Å². The molecule has 1 N–H and O–H groups in total. The first-order valence-electron chi connectivity index (χ1n) is 7.12. The van der Waals surface area contributed by atoms with Crippen molar-refractivity contribution < 1.29 is 9.53 Å². The van der Waals surface area contributed by atoms with Gasteiger partial charge in [-0.15, -0.1) is 0 Å². The van der Waals surface area contributed by atoms with Crippen molar-refractivity contribution in [1.29, 1.82) is 0 Å². The van der Waals surface area contributed by atoms with E-state index in [0.717, 1.165) is 5.57 Å². The highest BCUT2D eigenvalue weighted by Crippen LogP contribution is 2.42. The van der Waals surface area contributed by atoms with Crippen LogP contribution in [0.15, 0.2) is 12.2 Å². The molecule has 0 aromatic carbocycles. The molecule has 0 spiro atoms. The summed E-state index contributed by atoms with van der Waals surface area (Å²) in [6.07, 6.45) is 0. The predicted octanol–water partition coefficient (Wildman–Crippen LogP) is 4.36. The van der Waals surface area contributed by atoms with E-state index in [2.05, 4.69) is 48.1 Å². The van der Waals surface area contributed by atoms with Gasteiger partial charge in [0.25, 0.3) is 0 Å². The normalized spacial score (nSPS) is 14.6. The van der Waals surface area contributed by atoms with E-state index in [-0.39, 0.29) is 12.5 Å². The number of aliphatic hydroxyl groups is 1. The van der Waals surface area contributed by atoms with E-state index in [1.54, 1.807) is 0 Å². The van der Waals surface area contributed by atoms with Crippen molar-refractivity contribution in [1.82, 2.24) is 0 Å². The Morgan fingerprint density at radius 2 is 1.39 bits per heavy atom. The lowest BCUT2D eigenvalue weighted by Gasteiger charge is -2.42. The minimum atomic E-state index is -1.79. The van der Waals surface area contributed by atoms with Gasteiger partial charge in [-0.05, 0) is 22.2 Å². The summed E-state index contributed by atoms with van der Waals surface area (Å²) in [7, 11) is -1.79. The summed E-state index contributed by atoms with van der Waals surface area (Å²) >= 11 is 0. The first-order valence-corrected chi connectivity index (χ1v) is 9.26. The first-order chi connectivity index (χ1) is 8.20. The lowest BCUT2D eigenvalue weighted by molar-refractivity contribution is 0.235. The summed E-state index contributed by atoms with van der Waals surface area (Å²) in [6, 6.07) is 0. The van der Waals surface area contributed by atoms with Gasteiger partial charge in [0.15, 0.2) is 0 Å². The molecule has 0 aromatic rings. The molecule has 0 aliphatic heterocycles. The zero-order valence-corrected chi connectivity index (χ0v) is 14.3. The van der Waals surface area contributed by atoms with Crippen molar-refractivity contribution in [2.45, 2.75) is 65.1 Å². The van der Waals surface area contributed by atoms with Gasteiger partial charge < -0.3 is 9.53 Å². The van der Waals surface area contributed by atoms with Crippen LogP contribution in [-0.2, 0) is 4.43 Å². The van der Waals surface area contributed by atoms with Gasteiger partial charge in [-0.2, -0.15) is 0 Å². The minimum absolute atomic E-state index is 0.128. The molecule has 0 aromatic heterocycles. The van der Waals surface area contributed by atoms with Crippen LogP contribution in [0.25, 0.3) is 0 Å². The van der Waals surface area contributed by atoms with Gasteiger partial charge in [0.2, 0.25) is 8.32 Å². The Balaban J connectivity index is 4.87. The molecule has 0 aliphatic rings. The number of rotatable bonds is 8. The average Bonchev–Trinajstić information content (AvgIpc) is 2.26. The highest BCUT2D eigenvalue weighted by molar-refractivity contribution is 6.77. The summed E-state index contributed by atoms with van der Waals surface area (Å²) < 4.78 is 6.43. The molecule has 1 unspecified atom stereocenters. The van der Waals surface area contributed by atoms with Crippen molar-refractivity contribution in [2.24, 2.45) is 5.92 Å². The van der Waals surface area contributed by atoms with Crippen molar-refractivity contribution >= 4 is 8.32 Å². The number of aliphatic hydroxyl groups excluding tert-OH is 1. The molecule has 0 heterocycles. The molecule has 18 heavy (non-hydrogen) atoms. The first kappa shape index (κ1) is 17.9. The van der Waals surface area contributed by atoms with Crippen molar-refractivity contribution in [2.75, 3.05) is 13.2 Å². The van der Waals surface area contributed by atoms with Crippen LogP contribution in [0.1, 0.15) is 48.5 Å². The largest absolute Gasteiger partial charge is 0.412 e. The van der Waals surface area contributed by atoms with E-state index in [4.69, 9.17) is 9.53 Å². The average molecular weight is 273 g/mol. The van der Waals surface area contributed by atoms with Crippen LogP contribution in [-0.4, -0.2) is 26.6 Å². The molecule has 0 rings (SSSR count). The molecule has 0 fully saturated rings. The predicted molar refractivity (Wildman–Crippen MR) is 82.4 cm³/mol. The second-order valence-corrected chi connectivity index (χ2v) is 11.8. The highest BCUT2D eigenvalue weighted by atomic mass is 28.4. The fourth-order valence-electron chi connectivity index (χ4n) is 2.99. The Labute approximate surface area is 115 Å². The van der Waals surface area contributed by atoms with Gasteiger partial charge >= 0.3 is 0 Å². The fourth-order valence-corrected chi connectivity index (χ4v) is 8.42. The van der Waals surface area contributed by atoms with E-state index in [9.17, 15) is 0 Å². The van der Waals surface area contributed by atoms with Crippen molar-refractivity contribution in [3.8, 4) is 0 Å². The summed E-state index contributed by atoms with van der Waals surface area (Å²) in [5.74, 6) is 0.128. The molecule has 1 atom stereocenters. The van der Waals surface area contributed by atoms with E-state index >= 15 is 0 Å². The highest BCUT2D eigenvalue weighted by Gasteiger charge is 2.45. The Bertz CT molecular complexity index is 237. The third-order valence-corrected chi connectivity index (χ3v) is 10.2. The third kappa shape index (κ3) is 3.94. The smallest absolute Gasteiger partial charge is 0.200 e. The van der Waals surface area contributed by atoms with E-state index in [1.807, 2.05) is 6.92 Å². The zero-order valence-electron chi connectivity index (χ0n) is 13.3. The quantitative estimate of drug-likeness (QED) is 0.525. The Kier molecular flexibility index (Phi) is 7.41. The summed E-state index contributed by atoms with van der Waals surface area (Å²) in [5.41, 5.74) is 2.79. The van der Waals surface area contributed by atoms with Gasteiger partial charge in [-0.3, -0.25) is 0 Å². The molecule has 0 saturated carbocycles. The lowest BCUT2D eigenvalue weighted by atomic mass is 10.1. The molecule has 0 amide bonds. The summed E-state index contributed by atoms with van der Waals surface area (Å²) in [5, 5.41) is 9.16. The maximum absolute atomic E-state index is 9.16. The van der Waals surface area contributed by atoms with Crippen molar-refractivity contribution in [3.05, 3.63) is 12.2 Å². The fraction of sp³-hybridized carbons (Fsp3) is 0.867. The molecule has 0 saturated heterocycles. The van der Waals surface area contributed by atoms with Crippen LogP contribution < -0.4 is 0 Å². The van der Waals surface area contributed by atoms with Crippen LogP contribution in [0.3, 0.4) is 0 Å². The van der Waals surface area contributed by atoms with Gasteiger partial charge in [-0.25, -0.2) is 0 Å².